The van der Waals surface area contributed by atoms with Crippen molar-refractivity contribution in [2.75, 3.05) is 10.7 Å². The molecule has 0 aliphatic carbocycles. The van der Waals surface area contributed by atoms with Crippen LogP contribution in [-0.4, -0.2) is 33.7 Å². The fourth-order valence-electron chi connectivity index (χ4n) is 3.27. The molecule has 2 aliphatic heterocycles. The molecule has 6 nitrogen and oxygen atoms in total. The molecule has 2 aromatic carbocycles. The van der Waals surface area contributed by atoms with Gasteiger partial charge in [0.25, 0.3) is 5.91 Å². The summed E-state index contributed by atoms with van der Waals surface area (Å²) in [4.78, 5) is 28.5. The number of Topliss-reactive ketones (excluding diaryl/α,β-unsaturated/α-hetero) is 1. The van der Waals surface area contributed by atoms with Gasteiger partial charge < -0.3 is 0 Å². The molecule has 1 N–H and O–H groups in total. The Morgan fingerprint density at radius 3 is 2.66 bits per heavy atom. The normalized spacial score (nSPS) is 17.8. The largest absolute Gasteiger partial charge is 0.294 e. The monoisotopic (exact) mass is 410 g/mol. The molecule has 0 saturated heterocycles. The predicted octanol–water partition coefficient (Wildman–Crippen LogP) is 3.38. The highest BCUT2D eigenvalue weighted by molar-refractivity contribution is 8.14. The van der Waals surface area contributed by atoms with E-state index >= 15 is 0 Å². The van der Waals surface area contributed by atoms with Crippen LogP contribution in [0.15, 0.2) is 60.0 Å². The second kappa shape index (κ2) is 7.71. The topological polar surface area (TPSA) is 65.0 Å². The third-order valence-electron chi connectivity index (χ3n) is 4.75. The van der Waals surface area contributed by atoms with Crippen LogP contribution in [0.1, 0.15) is 21.5 Å². The average Bonchev–Trinajstić information content (AvgIpc) is 3.11. The quantitative estimate of drug-likeness (QED) is 0.783. The number of benzene rings is 2. The zero-order chi connectivity index (χ0) is 20.5. The molecule has 2 aromatic rings. The van der Waals surface area contributed by atoms with Crippen molar-refractivity contribution in [2.45, 2.75) is 20.0 Å². The van der Waals surface area contributed by atoms with Crippen molar-refractivity contribution in [2.24, 2.45) is 5.10 Å². The molecular formula is C21H19FN4O2S. The summed E-state index contributed by atoms with van der Waals surface area (Å²) in [6.45, 7) is 3.91. The number of nitrogens with zero attached hydrogens (tertiary/aromatic N) is 3. The van der Waals surface area contributed by atoms with Crippen LogP contribution in [0.2, 0.25) is 0 Å². The van der Waals surface area contributed by atoms with Crippen LogP contribution in [0.25, 0.3) is 0 Å². The molecule has 0 saturated carbocycles. The summed E-state index contributed by atoms with van der Waals surface area (Å²) in [5, 5.41) is 4.77. The number of aryl methyl sites for hydroxylation is 2. The van der Waals surface area contributed by atoms with E-state index in [1.54, 1.807) is 29.4 Å². The minimum atomic E-state index is -0.691. The Balaban J connectivity index is 1.44. The number of halogens is 1. The molecular weight excluding hydrogens is 391 g/mol. The van der Waals surface area contributed by atoms with Gasteiger partial charge in [-0.15, -0.1) is 0 Å². The van der Waals surface area contributed by atoms with Crippen LogP contribution in [0.3, 0.4) is 0 Å². The van der Waals surface area contributed by atoms with E-state index < -0.39 is 6.17 Å². The molecule has 0 fully saturated rings. The molecule has 0 bridgehead atoms. The van der Waals surface area contributed by atoms with Gasteiger partial charge in [-0.3, -0.25) is 24.8 Å². The van der Waals surface area contributed by atoms with Gasteiger partial charge in [0, 0.05) is 23.7 Å². The molecule has 4 rings (SSSR count). The van der Waals surface area contributed by atoms with Crippen molar-refractivity contribution in [1.29, 1.82) is 0 Å². The lowest BCUT2D eigenvalue weighted by atomic mass is 10.0. The van der Waals surface area contributed by atoms with Gasteiger partial charge in [-0.25, -0.2) is 4.39 Å². The number of anilines is 1. The van der Waals surface area contributed by atoms with Crippen LogP contribution in [0, 0.1) is 19.7 Å². The summed E-state index contributed by atoms with van der Waals surface area (Å²) >= 11 is 1.28. The van der Waals surface area contributed by atoms with Crippen LogP contribution in [-0.2, 0) is 4.79 Å². The summed E-state index contributed by atoms with van der Waals surface area (Å²) in [7, 11) is 0. The number of hydrazone groups is 1. The second-order valence-electron chi connectivity index (χ2n) is 6.85. The Morgan fingerprint density at radius 2 is 1.93 bits per heavy atom. The highest BCUT2D eigenvalue weighted by atomic mass is 32.2. The minimum Gasteiger partial charge on any atom is -0.294 e. The van der Waals surface area contributed by atoms with Gasteiger partial charge in [0.2, 0.25) is 6.17 Å². The third-order valence-corrected chi connectivity index (χ3v) is 5.72. The van der Waals surface area contributed by atoms with E-state index in [9.17, 15) is 14.0 Å². The molecule has 2 aliphatic rings. The zero-order valence-corrected chi connectivity index (χ0v) is 16.7. The van der Waals surface area contributed by atoms with Gasteiger partial charge >= 0.3 is 0 Å². The highest BCUT2D eigenvalue weighted by Gasteiger charge is 2.38. The van der Waals surface area contributed by atoms with Crippen molar-refractivity contribution in [3.63, 3.8) is 0 Å². The first-order valence-corrected chi connectivity index (χ1v) is 10.0. The summed E-state index contributed by atoms with van der Waals surface area (Å²) in [6.07, 6.45) is 2.65. The van der Waals surface area contributed by atoms with E-state index in [0.717, 1.165) is 11.1 Å². The van der Waals surface area contributed by atoms with Gasteiger partial charge in [-0.05, 0) is 43.7 Å². The molecule has 0 aromatic heterocycles. The molecule has 1 unspecified atom stereocenters. The smallest absolute Gasteiger partial charge is 0.276 e. The maximum Gasteiger partial charge on any atom is 0.276 e. The molecule has 1 atom stereocenters. The number of nitrogens with one attached hydrogen (secondary N) is 1. The maximum atomic E-state index is 13.1. The van der Waals surface area contributed by atoms with Crippen LogP contribution >= 0.6 is 11.8 Å². The highest BCUT2D eigenvalue weighted by Crippen LogP contribution is 2.26. The Hall–Kier alpha value is -3.13. The number of ketones is 1. The number of amidine groups is 1. The fraction of sp³-hybridized carbons (Fsp3) is 0.190. The van der Waals surface area contributed by atoms with Gasteiger partial charge in [0.1, 0.15) is 5.82 Å². The molecule has 29 heavy (non-hydrogen) atoms. The van der Waals surface area contributed by atoms with E-state index in [2.05, 4.69) is 10.5 Å². The fourth-order valence-corrected chi connectivity index (χ4v) is 4.12. The molecule has 1 amide bonds. The maximum absolute atomic E-state index is 13.1. The van der Waals surface area contributed by atoms with E-state index in [1.807, 2.05) is 32.0 Å². The first kappa shape index (κ1) is 19.2. The Bertz CT molecular complexity index is 1040. The molecule has 0 spiro atoms. The predicted molar refractivity (Wildman–Crippen MR) is 112 cm³/mol. The molecule has 148 valence electrons. The number of amides is 1. The number of carbonyl (C=O) groups is 2. The number of carbonyl (C=O) groups excluding carboxylic acids is 2. The number of rotatable bonds is 4. The first-order chi connectivity index (χ1) is 13.9. The standard InChI is InChI=1S/C21H19FN4O2S/c1-13-3-8-17(14(2)11-13)18(27)12-29-21-24-23-19-20(28)25(9-10-26(19)21)16-6-4-15(22)5-7-16/h3-11,19,23H,12H2,1-2H3. The zero-order valence-electron chi connectivity index (χ0n) is 15.9. The lowest BCUT2D eigenvalue weighted by Crippen LogP contribution is -2.52. The van der Waals surface area contributed by atoms with Crippen molar-refractivity contribution < 1.29 is 14.0 Å². The van der Waals surface area contributed by atoms with Gasteiger partial charge in [0.05, 0.1) is 5.75 Å². The van der Waals surface area contributed by atoms with E-state index in [-0.39, 0.29) is 23.3 Å². The lowest BCUT2D eigenvalue weighted by molar-refractivity contribution is -0.122. The van der Waals surface area contributed by atoms with Gasteiger partial charge in [-0.1, -0.05) is 35.5 Å². The number of hydrogen-bond acceptors (Lipinski definition) is 6. The van der Waals surface area contributed by atoms with Crippen molar-refractivity contribution in [3.8, 4) is 0 Å². The lowest BCUT2D eigenvalue weighted by Gasteiger charge is -2.31. The van der Waals surface area contributed by atoms with Crippen LogP contribution < -0.4 is 10.3 Å². The third kappa shape index (κ3) is 3.75. The Labute approximate surface area is 172 Å². The summed E-state index contributed by atoms with van der Waals surface area (Å²) in [5.41, 5.74) is 6.14. The summed E-state index contributed by atoms with van der Waals surface area (Å²) < 4.78 is 13.1. The Morgan fingerprint density at radius 1 is 1.17 bits per heavy atom. The summed E-state index contributed by atoms with van der Waals surface area (Å²) in [6, 6.07) is 11.4. The SMILES string of the molecule is Cc1ccc(C(=O)CSC2=NNC3C(=O)N(c4ccc(F)cc4)C=CN23)c(C)c1. The number of hydrogen-bond donors (Lipinski definition) is 1. The molecule has 2 heterocycles. The van der Waals surface area contributed by atoms with Gasteiger partial charge in [-0.2, -0.15) is 5.10 Å². The summed E-state index contributed by atoms with van der Waals surface area (Å²) in [5.74, 6) is -0.367. The van der Waals surface area contributed by atoms with E-state index in [0.29, 0.717) is 16.4 Å². The minimum absolute atomic E-state index is 0.0129. The second-order valence-corrected chi connectivity index (χ2v) is 7.79. The van der Waals surface area contributed by atoms with E-state index in [4.69, 9.17) is 0 Å². The van der Waals surface area contributed by atoms with Crippen molar-refractivity contribution in [3.05, 3.63) is 77.4 Å². The van der Waals surface area contributed by atoms with Gasteiger partial charge in [0.15, 0.2) is 11.0 Å². The van der Waals surface area contributed by atoms with Crippen molar-refractivity contribution >= 4 is 34.3 Å². The number of thioether (sulfide) groups is 1. The average molecular weight is 410 g/mol. The van der Waals surface area contributed by atoms with E-state index in [1.165, 1.54) is 28.8 Å². The molecule has 0 radical (unpaired) electrons. The van der Waals surface area contributed by atoms with Crippen LogP contribution in [0.5, 0.6) is 0 Å². The number of fused-ring (bicyclic) bond motifs is 1. The first-order valence-electron chi connectivity index (χ1n) is 9.06. The Kier molecular flexibility index (Phi) is 5.10. The van der Waals surface area contributed by atoms with Crippen LogP contribution in [0.4, 0.5) is 10.1 Å². The molecule has 8 heteroatoms. The van der Waals surface area contributed by atoms with Crippen molar-refractivity contribution in [1.82, 2.24) is 10.3 Å².